The Hall–Kier alpha value is -3.14. The zero-order valence-electron chi connectivity index (χ0n) is 19.1. The number of methoxy groups -OCH3 is 2. The SMILES string of the molecule is CC[C@H](NS(=O)(=O)c1ccc2c(c1)sc(=O)n2Cc1ccccc1)c1ccc(OC)c(OC)c1. The number of rotatable bonds is 9. The third-order valence-electron chi connectivity index (χ3n) is 5.65. The lowest BCUT2D eigenvalue weighted by atomic mass is 10.1. The zero-order chi connectivity index (χ0) is 24.3. The van der Waals surface area contributed by atoms with Gasteiger partial charge in [-0.1, -0.05) is 54.7 Å². The highest BCUT2D eigenvalue weighted by atomic mass is 32.2. The van der Waals surface area contributed by atoms with Crippen molar-refractivity contribution in [3.8, 4) is 11.5 Å². The van der Waals surface area contributed by atoms with Gasteiger partial charge in [0.1, 0.15) is 0 Å². The van der Waals surface area contributed by atoms with Crippen LogP contribution in [0.5, 0.6) is 11.5 Å². The van der Waals surface area contributed by atoms with Crippen LogP contribution < -0.4 is 19.1 Å². The summed E-state index contributed by atoms with van der Waals surface area (Å²) < 4.78 is 42.2. The van der Waals surface area contributed by atoms with E-state index in [-0.39, 0.29) is 9.77 Å². The first-order valence-corrected chi connectivity index (χ1v) is 13.1. The standard InChI is InChI=1S/C25H26N2O5S2/c1-4-20(18-10-13-22(31-2)23(14-18)32-3)26-34(29,30)19-11-12-21-24(15-19)33-25(28)27(21)16-17-8-6-5-7-9-17/h5-15,20,26H,4,16H2,1-3H3/t20-/m0/s1. The van der Waals surface area contributed by atoms with Gasteiger partial charge in [0.05, 0.1) is 35.9 Å². The molecular weight excluding hydrogens is 472 g/mol. The first-order chi connectivity index (χ1) is 16.4. The van der Waals surface area contributed by atoms with Gasteiger partial charge in [-0.15, -0.1) is 0 Å². The number of ether oxygens (including phenoxy) is 2. The van der Waals surface area contributed by atoms with Crippen LogP contribution in [-0.4, -0.2) is 27.2 Å². The van der Waals surface area contributed by atoms with E-state index in [2.05, 4.69) is 4.72 Å². The molecular formula is C25H26N2O5S2. The minimum absolute atomic E-state index is 0.118. The van der Waals surface area contributed by atoms with Gasteiger partial charge in [0.2, 0.25) is 10.0 Å². The Balaban J connectivity index is 1.63. The van der Waals surface area contributed by atoms with E-state index in [0.29, 0.717) is 34.7 Å². The van der Waals surface area contributed by atoms with Gasteiger partial charge < -0.3 is 9.47 Å². The molecule has 0 aliphatic carbocycles. The molecule has 0 aliphatic rings. The highest BCUT2D eigenvalue weighted by molar-refractivity contribution is 7.89. The predicted octanol–water partition coefficient (Wildman–Crippen LogP) is 4.56. The second kappa shape index (κ2) is 10.0. The molecule has 0 saturated carbocycles. The smallest absolute Gasteiger partial charge is 0.308 e. The van der Waals surface area contributed by atoms with Crippen molar-refractivity contribution in [3.05, 3.63) is 87.5 Å². The van der Waals surface area contributed by atoms with Crippen LogP contribution in [0, 0.1) is 0 Å². The fourth-order valence-electron chi connectivity index (χ4n) is 3.84. The summed E-state index contributed by atoms with van der Waals surface area (Å²) in [5.74, 6) is 1.10. The maximum absolute atomic E-state index is 13.2. The Morgan fingerprint density at radius 2 is 1.71 bits per heavy atom. The molecule has 0 aliphatic heterocycles. The van der Waals surface area contributed by atoms with Crippen LogP contribution in [0.15, 0.2) is 76.4 Å². The number of fused-ring (bicyclic) bond motifs is 1. The third-order valence-corrected chi connectivity index (χ3v) is 8.06. The summed E-state index contributed by atoms with van der Waals surface area (Å²) in [5, 5.41) is 0. The molecule has 0 unspecified atom stereocenters. The van der Waals surface area contributed by atoms with E-state index < -0.39 is 16.1 Å². The van der Waals surface area contributed by atoms with Crippen LogP contribution in [0.3, 0.4) is 0 Å². The number of hydrogen-bond donors (Lipinski definition) is 1. The molecule has 1 atom stereocenters. The predicted molar refractivity (Wildman–Crippen MR) is 135 cm³/mol. The highest BCUT2D eigenvalue weighted by Gasteiger charge is 2.22. The van der Waals surface area contributed by atoms with E-state index in [1.54, 1.807) is 42.0 Å². The first-order valence-electron chi connectivity index (χ1n) is 10.8. The number of nitrogens with one attached hydrogen (secondary N) is 1. The molecule has 0 saturated heterocycles. The lowest BCUT2D eigenvalue weighted by molar-refractivity contribution is 0.354. The lowest BCUT2D eigenvalue weighted by Crippen LogP contribution is -2.28. The van der Waals surface area contributed by atoms with E-state index in [1.807, 2.05) is 43.3 Å². The third kappa shape index (κ3) is 4.86. The monoisotopic (exact) mass is 498 g/mol. The largest absolute Gasteiger partial charge is 0.493 e. The van der Waals surface area contributed by atoms with Gasteiger partial charge in [-0.25, -0.2) is 13.1 Å². The van der Waals surface area contributed by atoms with E-state index >= 15 is 0 Å². The second-order valence-electron chi connectivity index (χ2n) is 7.77. The fraction of sp³-hybridized carbons (Fsp3) is 0.240. The van der Waals surface area contributed by atoms with Gasteiger partial charge >= 0.3 is 4.87 Å². The first kappa shape index (κ1) is 24.0. The highest BCUT2D eigenvalue weighted by Crippen LogP contribution is 2.32. The average Bonchev–Trinajstić information content (AvgIpc) is 3.16. The van der Waals surface area contributed by atoms with E-state index in [0.717, 1.165) is 22.5 Å². The van der Waals surface area contributed by atoms with E-state index in [4.69, 9.17) is 9.47 Å². The Bertz CT molecular complexity index is 1460. The molecule has 1 N–H and O–H groups in total. The van der Waals surface area contributed by atoms with Gasteiger partial charge in [-0.2, -0.15) is 0 Å². The minimum Gasteiger partial charge on any atom is -0.493 e. The molecule has 178 valence electrons. The van der Waals surface area contributed by atoms with E-state index in [9.17, 15) is 13.2 Å². The van der Waals surface area contributed by atoms with Crippen molar-refractivity contribution in [2.75, 3.05) is 14.2 Å². The topological polar surface area (TPSA) is 86.6 Å². The maximum atomic E-state index is 13.2. The average molecular weight is 499 g/mol. The molecule has 7 nitrogen and oxygen atoms in total. The van der Waals surface area contributed by atoms with Crippen molar-refractivity contribution in [2.45, 2.75) is 30.8 Å². The quantitative estimate of drug-likeness (QED) is 0.366. The summed E-state index contributed by atoms with van der Waals surface area (Å²) in [5.41, 5.74) is 2.48. The Labute approximate surface area is 202 Å². The van der Waals surface area contributed by atoms with Crippen LogP contribution in [0.1, 0.15) is 30.5 Å². The van der Waals surface area contributed by atoms with Gasteiger partial charge in [0, 0.05) is 6.04 Å². The number of hydrogen-bond acceptors (Lipinski definition) is 6. The molecule has 0 bridgehead atoms. The van der Waals surface area contributed by atoms with E-state index in [1.165, 1.54) is 7.11 Å². The van der Waals surface area contributed by atoms with Crippen molar-refractivity contribution >= 4 is 31.6 Å². The van der Waals surface area contributed by atoms with Gasteiger partial charge in [-0.05, 0) is 47.9 Å². The summed E-state index contributed by atoms with van der Waals surface area (Å²) in [4.78, 5) is 12.6. The van der Waals surface area contributed by atoms with Crippen LogP contribution in [-0.2, 0) is 16.6 Å². The molecule has 3 aromatic carbocycles. The Morgan fingerprint density at radius 3 is 2.38 bits per heavy atom. The molecule has 0 radical (unpaired) electrons. The summed E-state index contributed by atoms with van der Waals surface area (Å²) in [6.07, 6.45) is 0.539. The lowest BCUT2D eigenvalue weighted by Gasteiger charge is -2.19. The molecule has 0 spiro atoms. The minimum atomic E-state index is -3.84. The number of thiazole rings is 1. The van der Waals surface area contributed by atoms with Gasteiger partial charge in [-0.3, -0.25) is 9.36 Å². The normalized spacial score (nSPS) is 12.6. The van der Waals surface area contributed by atoms with Crippen molar-refractivity contribution < 1.29 is 17.9 Å². The molecule has 1 heterocycles. The Kier molecular flexibility index (Phi) is 7.06. The number of nitrogens with zero attached hydrogens (tertiary/aromatic N) is 1. The van der Waals surface area contributed by atoms with Crippen molar-refractivity contribution in [2.24, 2.45) is 0 Å². The molecule has 0 fully saturated rings. The summed E-state index contributed by atoms with van der Waals surface area (Å²) in [6.45, 7) is 2.34. The molecule has 1 aromatic heterocycles. The fourth-order valence-corrected chi connectivity index (χ4v) is 6.18. The van der Waals surface area contributed by atoms with Crippen LogP contribution in [0.25, 0.3) is 10.2 Å². The van der Waals surface area contributed by atoms with Crippen molar-refractivity contribution in [3.63, 3.8) is 0 Å². The molecule has 9 heteroatoms. The van der Waals surface area contributed by atoms with Crippen LogP contribution >= 0.6 is 11.3 Å². The summed E-state index contributed by atoms with van der Waals surface area (Å²) >= 11 is 1.04. The number of benzene rings is 3. The number of sulfonamides is 1. The van der Waals surface area contributed by atoms with Gasteiger partial charge in [0.15, 0.2) is 11.5 Å². The van der Waals surface area contributed by atoms with Gasteiger partial charge in [0.25, 0.3) is 0 Å². The summed E-state index contributed by atoms with van der Waals surface area (Å²) in [6, 6.07) is 19.4. The summed E-state index contributed by atoms with van der Waals surface area (Å²) in [7, 11) is -0.746. The molecule has 4 rings (SSSR count). The van der Waals surface area contributed by atoms with Crippen molar-refractivity contribution in [1.82, 2.24) is 9.29 Å². The molecule has 4 aromatic rings. The van der Waals surface area contributed by atoms with Crippen LogP contribution in [0.2, 0.25) is 0 Å². The second-order valence-corrected chi connectivity index (χ2v) is 10.5. The van der Waals surface area contributed by atoms with Crippen LogP contribution in [0.4, 0.5) is 0 Å². The molecule has 34 heavy (non-hydrogen) atoms. The maximum Gasteiger partial charge on any atom is 0.308 e. The Morgan fingerprint density at radius 1 is 0.971 bits per heavy atom. The molecule has 0 amide bonds. The van der Waals surface area contributed by atoms with Crippen molar-refractivity contribution in [1.29, 1.82) is 0 Å². The number of aromatic nitrogens is 1. The zero-order valence-corrected chi connectivity index (χ0v) is 20.8.